The molecule has 0 N–H and O–H groups in total. The Labute approximate surface area is 187 Å². The molecule has 1 amide bonds. The van der Waals surface area contributed by atoms with Crippen LogP contribution in [0.15, 0.2) is 33.5 Å². The van der Waals surface area contributed by atoms with Crippen LogP contribution in [0.2, 0.25) is 0 Å². The summed E-state index contributed by atoms with van der Waals surface area (Å²) in [4.78, 5) is 37.1. The molecule has 0 atom stereocenters. The Morgan fingerprint density at radius 3 is 2.60 bits per heavy atom. The lowest BCUT2D eigenvalue weighted by Crippen LogP contribution is -2.50. The second-order valence-corrected chi connectivity index (χ2v) is 9.86. The molecule has 6 nitrogen and oxygen atoms in total. The van der Waals surface area contributed by atoms with Gasteiger partial charge in [0.1, 0.15) is 4.83 Å². The number of carbonyl (C=O) groups is 1. The fourth-order valence-electron chi connectivity index (χ4n) is 4.47. The zero-order valence-electron chi connectivity index (χ0n) is 16.9. The predicted octanol–water partition coefficient (Wildman–Crippen LogP) is 3.60. The molecule has 30 heavy (non-hydrogen) atoms. The van der Waals surface area contributed by atoms with Crippen molar-refractivity contribution in [3.05, 3.63) is 55.1 Å². The van der Waals surface area contributed by atoms with Gasteiger partial charge >= 0.3 is 0 Å². The molecule has 0 spiro atoms. The van der Waals surface area contributed by atoms with Crippen molar-refractivity contribution < 1.29 is 4.79 Å². The molecule has 3 aromatic rings. The molecule has 1 saturated heterocycles. The number of thiophene rings is 1. The monoisotopic (exact) mass is 486 g/mol. The molecule has 5 rings (SSSR count). The molecule has 3 heterocycles. The van der Waals surface area contributed by atoms with Gasteiger partial charge in [-0.2, -0.15) is 0 Å². The Hall–Kier alpha value is -2.19. The highest BCUT2D eigenvalue weighted by Crippen LogP contribution is 2.34. The van der Waals surface area contributed by atoms with Crippen LogP contribution in [0.25, 0.3) is 10.2 Å². The van der Waals surface area contributed by atoms with Crippen molar-refractivity contribution in [3.8, 4) is 0 Å². The van der Waals surface area contributed by atoms with E-state index >= 15 is 0 Å². The first-order valence-corrected chi connectivity index (χ1v) is 12.0. The van der Waals surface area contributed by atoms with E-state index in [0.717, 1.165) is 34.0 Å². The number of hydrogen-bond acceptors (Lipinski definition) is 5. The third kappa shape index (κ3) is 3.26. The third-order valence-corrected chi connectivity index (χ3v) is 8.00. The number of piperazine rings is 1. The summed E-state index contributed by atoms with van der Waals surface area (Å²) in [5, 5.41) is 0.823. The number of hydrogen-bond donors (Lipinski definition) is 0. The largest absolute Gasteiger partial charge is 0.339 e. The molecule has 156 valence electrons. The van der Waals surface area contributed by atoms with Gasteiger partial charge in [0.05, 0.1) is 10.9 Å². The molecule has 0 saturated carbocycles. The molecule has 2 aromatic heterocycles. The number of aromatic nitrogens is 2. The van der Waals surface area contributed by atoms with Crippen molar-refractivity contribution in [3.63, 3.8) is 0 Å². The second kappa shape index (κ2) is 7.81. The lowest BCUT2D eigenvalue weighted by atomic mass is 9.97. The maximum absolute atomic E-state index is 13.2. The van der Waals surface area contributed by atoms with E-state index in [4.69, 9.17) is 4.98 Å². The normalized spacial score (nSPS) is 16.7. The first kappa shape index (κ1) is 19.8. The summed E-state index contributed by atoms with van der Waals surface area (Å²) in [6, 6.07) is 7.52. The van der Waals surface area contributed by atoms with Crippen LogP contribution in [0.3, 0.4) is 0 Å². The van der Waals surface area contributed by atoms with E-state index in [1.165, 1.54) is 16.9 Å². The van der Waals surface area contributed by atoms with Gasteiger partial charge in [0.25, 0.3) is 11.5 Å². The number of benzene rings is 1. The summed E-state index contributed by atoms with van der Waals surface area (Å²) in [6.07, 6.45) is 4.39. The minimum Gasteiger partial charge on any atom is -0.339 e. The van der Waals surface area contributed by atoms with E-state index in [9.17, 15) is 9.59 Å². The van der Waals surface area contributed by atoms with Gasteiger partial charge in [-0.15, -0.1) is 11.3 Å². The summed E-state index contributed by atoms with van der Waals surface area (Å²) in [5.74, 6) is 0.740. The van der Waals surface area contributed by atoms with Crippen molar-refractivity contribution >= 4 is 49.3 Å². The molecule has 1 aromatic carbocycles. The van der Waals surface area contributed by atoms with Gasteiger partial charge in [-0.25, -0.2) is 4.98 Å². The Balaban J connectivity index is 1.40. The van der Waals surface area contributed by atoms with Gasteiger partial charge < -0.3 is 9.80 Å². The van der Waals surface area contributed by atoms with Gasteiger partial charge in [-0.05, 0) is 59.3 Å². The second-order valence-electron chi connectivity index (χ2n) is 7.93. The Morgan fingerprint density at radius 1 is 1.10 bits per heavy atom. The summed E-state index contributed by atoms with van der Waals surface area (Å²) in [7, 11) is 1.82. The maximum Gasteiger partial charge on any atom is 0.263 e. The van der Waals surface area contributed by atoms with Crippen LogP contribution in [0.1, 0.15) is 33.6 Å². The first-order valence-electron chi connectivity index (χ1n) is 10.3. The smallest absolute Gasteiger partial charge is 0.263 e. The van der Waals surface area contributed by atoms with Crippen molar-refractivity contribution in [2.45, 2.75) is 25.7 Å². The molecule has 0 bridgehead atoms. The van der Waals surface area contributed by atoms with Gasteiger partial charge in [-0.3, -0.25) is 14.2 Å². The number of halogens is 1. The fraction of sp³-hybridized carbons (Fsp3) is 0.409. The summed E-state index contributed by atoms with van der Waals surface area (Å²) in [5.41, 5.74) is 1.97. The molecule has 8 heteroatoms. The molecular formula is C22H23BrN4O2S. The number of aryl methyl sites for hydroxylation is 2. The van der Waals surface area contributed by atoms with Crippen LogP contribution in [0, 0.1) is 0 Å². The van der Waals surface area contributed by atoms with Crippen LogP contribution < -0.4 is 10.5 Å². The van der Waals surface area contributed by atoms with Crippen molar-refractivity contribution in [1.29, 1.82) is 0 Å². The highest BCUT2D eigenvalue weighted by Gasteiger charge is 2.27. The van der Waals surface area contributed by atoms with Crippen molar-refractivity contribution in [2.75, 3.05) is 31.1 Å². The Kier molecular flexibility index (Phi) is 5.14. The zero-order chi connectivity index (χ0) is 20.8. The number of rotatable bonds is 2. The number of anilines is 1. The van der Waals surface area contributed by atoms with Gasteiger partial charge in [0, 0.05) is 42.6 Å². The maximum atomic E-state index is 13.2. The van der Waals surface area contributed by atoms with Crippen molar-refractivity contribution in [2.24, 2.45) is 7.05 Å². The topological polar surface area (TPSA) is 58.4 Å². The molecule has 1 aliphatic heterocycles. The predicted molar refractivity (Wildman–Crippen MR) is 124 cm³/mol. The Morgan fingerprint density at radius 2 is 1.83 bits per heavy atom. The quantitative estimate of drug-likeness (QED) is 0.555. The van der Waals surface area contributed by atoms with Gasteiger partial charge in [-0.1, -0.05) is 12.1 Å². The van der Waals surface area contributed by atoms with E-state index < -0.39 is 0 Å². The molecule has 1 fully saturated rings. The zero-order valence-corrected chi connectivity index (χ0v) is 19.3. The average Bonchev–Trinajstić information content (AvgIpc) is 3.15. The highest BCUT2D eigenvalue weighted by molar-refractivity contribution is 9.10. The van der Waals surface area contributed by atoms with Crippen molar-refractivity contribution in [1.82, 2.24) is 14.5 Å². The first-order chi connectivity index (χ1) is 14.5. The standard InChI is InChI=1S/C22H23BrN4O2S/c1-25-21(29)18-15-7-3-5-9-17(15)30-19(18)24-22(25)27-12-10-26(11-13-27)20(28)14-6-2-4-8-16(14)23/h2,4,6,8H,3,5,7,9-13H2,1H3. The van der Waals surface area contributed by atoms with E-state index in [-0.39, 0.29) is 11.5 Å². The van der Waals surface area contributed by atoms with Crippen LogP contribution in [0.4, 0.5) is 5.95 Å². The summed E-state index contributed by atoms with van der Waals surface area (Å²) < 4.78 is 2.50. The van der Waals surface area contributed by atoms with Gasteiger partial charge in [0.15, 0.2) is 0 Å². The molecule has 0 radical (unpaired) electrons. The average molecular weight is 487 g/mol. The molecule has 2 aliphatic rings. The number of nitrogens with zero attached hydrogens (tertiary/aromatic N) is 4. The van der Waals surface area contributed by atoms with E-state index in [1.807, 2.05) is 36.2 Å². The van der Waals surface area contributed by atoms with Crippen LogP contribution in [-0.4, -0.2) is 46.5 Å². The van der Waals surface area contributed by atoms with E-state index in [0.29, 0.717) is 37.7 Å². The summed E-state index contributed by atoms with van der Waals surface area (Å²) >= 11 is 5.16. The fourth-order valence-corrected chi connectivity index (χ4v) is 6.17. The van der Waals surface area contributed by atoms with Gasteiger partial charge in [0.2, 0.25) is 5.95 Å². The third-order valence-electron chi connectivity index (χ3n) is 6.13. The summed E-state index contributed by atoms with van der Waals surface area (Å²) in [6.45, 7) is 2.53. The SMILES string of the molecule is Cn1c(N2CCN(C(=O)c3ccccc3Br)CC2)nc2sc3c(c2c1=O)CCCC3. The lowest BCUT2D eigenvalue weighted by molar-refractivity contribution is 0.0745. The minimum atomic E-state index is 0.0327. The van der Waals surface area contributed by atoms with Crippen LogP contribution in [0.5, 0.6) is 0 Å². The van der Waals surface area contributed by atoms with Crippen LogP contribution in [-0.2, 0) is 19.9 Å². The molecule has 0 unspecified atom stereocenters. The molecule has 1 aliphatic carbocycles. The Bertz CT molecular complexity index is 1190. The van der Waals surface area contributed by atoms with Crippen LogP contribution >= 0.6 is 27.3 Å². The number of fused-ring (bicyclic) bond motifs is 3. The number of carbonyl (C=O) groups excluding carboxylic acids is 1. The molecular weight excluding hydrogens is 464 g/mol. The highest BCUT2D eigenvalue weighted by atomic mass is 79.9. The van der Waals surface area contributed by atoms with E-state index in [2.05, 4.69) is 20.8 Å². The minimum absolute atomic E-state index is 0.0327. The number of amides is 1. The van der Waals surface area contributed by atoms with E-state index in [1.54, 1.807) is 15.9 Å². The lowest BCUT2D eigenvalue weighted by Gasteiger charge is -2.36.